The Morgan fingerprint density at radius 2 is 2.19 bits per heavy atom. The maximum absolute atomic E-state index is 11.8. The van der Waals surface area contributed by atoms with E-state index in [2.05, 4.69) is 24.5 Å². The van der Waals surface area contributed by atoms with E-state index in [1.54, 1.807) is 11.3 Å². The molecular weight excluding hydrogens is 286 g/mol. The first-order chi connectivity index (χ1) is 10.0. The van der Waals surface area contributed by atoms with Crippen LogP contribution >= 0.6 is 11.3 Å². The molecule has 1 heterocycles. The molecule has 3 amide bonds. The molecule has 0 aliphatic carbocycles. The molecule has 2 N–H and O–H groups in total. The van der Waals surface area contributed by atoms with Crippen molar-refractivity contribution in [2.45, 2.75) is 39.2 Å². The lowest BCUT2D eigenvalue weighted by atomic mass is 10.2. The van der Waals surface area contributed by atoms with E-state index >= 15 is 0 Å². The highest BCUT2D eigenvalue weighted by Crippen LogP contribution is 2.08. The first-order valence-electron chi connectivity index (χ1n) is 7.33. The molecule has 0 bridgehead atoms. The molecule has 5 nitrogen and oxygen atoms in total. The van der Waals surface area contributed by atoms with Crippen LogP contribution in [0.2, 0.25) is 0 Å². The second-order valence-corrected chi connectivity index (χ2v) is 6.22. The Hall–Kier alpha value is -1.40. The number of amides is 3. The molecule has 118 valence electrons. The number of nitrogens with zero attached hydrogens (tertiary/aromatic N) is 1. The quantitative estimate of drug-likeness (QED) is 0.774. The van der Waals surface area contributed by atoms with Crippen LogP contribution in [0.15, 0.2) is 17.5 Å². The van der Waals surface area contributed by atoms with Gasteiger partial charge in [-0.1, -0.05) is 19.4 Å². The summed E-state index contributed by atoms with van der Waals surface area (Å²) in [5, 5.41) is 7.06. The minimum absolute atomic E-state index is 0.236. The number of hydrogen-bond acceptors (Lipinski definition) is 4. The maximum Gasteiger partial charge on any atom is 0.321 e. The van der Waals surface area contributed by atoms with Gasteiger partial charge in [0.15, 0.2) is 0 Å². The second kappa shape index (κ2) is 9.52. The van der Waals surface area contributed by atoms with Gasteiger partial charge in [-0.15, -0.1) is 11.3 Å². The molecule has 1 atom stereocenters. The number of carbonyl (C=O) groups is 2. The van der Waals surface area contributed by atoms with Gasteiger partial charge >= 0.3 is 6.03 Å². The van der Waals surface area contributed by atoms with E-state index < -0.39 is 6.03 Å². The fourth-order valence-electron chi connectivity index (χ4n) is 1.98. The zero-order valence-corrected chi connectivity index (χ0v) is 13.8. The fraction of sp³-hybridized carbons (Fsp3) is 0.600. The van der Waals surface area contributed by atoms with E-state index in [-0.39, 0.29) is 12.5 Å². The Morgan fingerprint density at radius 3 is 2.81 bits per heavy atom. The molecule has 0 radical (unpaired) electrons. The zero-order valence-electron chi connectivity index (χ0n) is 13.0. The number of likely N-dealkylation sites (N-methyl/N-ethyl adjacent to an activating group) is 1. The lowest BCUT2D eigenvalue weighted by Gasteiger charge is -2.23. The molecular formula is C15H25N3O2S. The van der Waals surface area contributed by atoms with Gasteiger partial charge in [0, 0.05) is 17.5 Å². The molecule has 0 fully saturated rings. The summed E-state index contributed by atoms with van der Waals surface area (Å²) >= 11 is 1.66. The molecule has 0 saturated carbocycles. The van der Waals surface area contributed by atoms with Crippen LogP contribution in [0.4, 0.5) is 4.79 Å². The van der Waals surface area contributed by atoms with Gasteiger partial charge in [-0.25, -0.2) is 4.79 Å². The Balaban J connectivity index is 2.19. The lowest BCUT2D eigenvalue weighted by Crippen LogP contribution is -2.45. The molecule has 0 unspecified atom stereocenters. The van der Waals surface area contributed by atoms with Gasteiger partial charge in [0.05, 0.1) is 6.54 Å². The molecule has 1 rings (SSSR count). The molecule has 0 spiro atoms. The topological polar surface area (TPSA) is 61.4 Å². The van der Waals surface area contributed by atoms with Crippen molar-refractivity contribution < 1.29 is 9.59 Å². The van der Waals surface area contributed by atoms with E-state index in [4.69, 9.17) is 0 Å². The summed E-state index contributed by atoms with van der Waals surface area (Å²) in [6.07, 6.45) is 2.90. The molecule has 6 heteroatoms. The van der Waals surface area contributed by atoms with E-state index in [1.807, 2.05) is 29.5 Å². The van der Waals surface area contributed by atoms with Gasteiger partial charge in [0.1, 0.15) is 0 Å². The first kappa shape index (κ1) is 17.7. The predicted octanol–water partition coefficient (Wildman–Crippen LogP) is 2.24. The molecule has 1 aromatic rings. The minimum Gasteiger partial charge on any atom is -0.337 e. The van der Waals surface area contributed by atoms with Gasteiger partial charge < -0.3 is 5.32 Å². The van der Waals surface area contributed by atoms with Crippen LogP contribution in [-0.4, -0.2) is 43.0 Å². The Morgan fingerprint density at radius 1 is 1.43 bits per heavy atom. The van der Waals surface area contributed by atoms with E-state index in [9.17, 15) is 9.59 Å². The van der Waals surface area contributed by atoms with Crippen LogP contribution in [0.5, 0.6) is 0 Å². The van der Waals surface area contributed by atoms with Crippen LogP contribution in [0.1, 0.15) is 31.6 Å². The number of thiophene rings is 1. The van der Waals surface area contributed by atoms with Gasteiger partial charge in [-0.2, -0.15) is 0 Å². The smallest absolute Gasteiger partial charge is 0.321 e. The average molecular weight is 311 g/mol. The average Bonchev–Trinajstić information content (AvgIpc) is 2.91. The van der Waals surface area contributed by atoms with Crippen molar-refractivity contribution in [1.82, 2.24) is 15.5 Å². The summed E-state index contributed by atoms with van der Waals surface area (Å²) in [5.41, 5.74) is 0. The summed E-state index contributed by atoms with van der Waals surface area (Å²) in [7, 11) is 1.90. The molecule has 0 aliphatic rings. The maximum atomic E-state index is 11.8. The largest absolute Gasteiger partial charge is 0.337 e. The fourth-order valence-corrected chi connectivity index (χ4v) is 2.69. The number of urea groups is 1. The number of hydrogen-bond donors (Lipinski definition) is 2. The van der Waals surface area contributed by atoms with Crippen molar-refractivity contribution in [3.8, 4) is 0 Å². The Bertz CT molecular complexity index is 434. The summed E-state index contributed by atoms with van der Waals surface area (Å²) in [5.74, 6) is -0.269. The van der Waals surface area contributed by atoms with E-state index in [0.29, 0.717) is 12.6 Å². The van der Waals surface area contributed by atoms with Crippen molar-refractivity contribution in [1.29, 1.82) is 0 Å². The SMILES string of the molecule is CCC[C@H](C)N(C)CC(=O)NC(=O)NCCc1cccs1. The lowest BCUT2D eigenvalue weighted by molar-refractivity contribution is -0.121. The first-order valence-corrected chi connectivity index (χ1v) is 8.21. The predicted molar refractivity (Wildman–Crippen MR) is 86.6 cm³/mol. The van der Waals surface area contributed by atoms with Crippen LogP contribution in [0, 0.1) is 0 Å². The van der Waals surface area contributed by atoms with Gasteiger partial charge in [-0.05, 0) is 38.3 Å². The van der Waals surface area contributed by atoms with Crippen LogP contribution in [0.25, 0.3) is 0 Å². The number of nitrogens with one attached hydrogen (secondary N) is 2. The highest BCUT2D eigenvalue weighted by atomic mass is 32.1. The standard InChI is InChI=1S/C15H25N3O2S/c1-4-6-12(2)18(3)11-14(19)17-15(20)16-9-8-13-7-5-10-21-13/h5,7,10,12H,4,6,8-9,11H2,1-3H3,(H2,16,17,19,20)/t12-/m0/s1. The summed E-state index contributed by atoms with van der Waals surface area (Å²) in [6, 6.07) is 3.92. The van der Waals surface area contributed by atoms with Gasteiger partial charge in [0.2, 0.25) is 5.91 Å². The summed E-state index contributed by atoms with van der Waals surface area (Å²) < 4.78 is 0. The number of carbonyl (C=O) groups excluding carboxylic acids is 2. The Kier molecular flexibility index (Phi) is 8.00. The van der Waals surface area contributed by atoms with E-state index in [1.165, 1.54) is 4.88 Å². The normalized spacial score (nSPS) is 12.2. The van der Waals surface area contributed by atoms with Crippen LogP contribution in [-0.2, 0) is 11.2 Å². The number of imide groups is 1. The monoisotopic (exact) mass is 311 g/mol. The van der Waals surface area contributed by atoms with Crippen molar-refractivity contribution in [3.63, 3.8) is 0 Å². The third-order valence-electron chi connectivity index (χ3n) is 3.34. The minimum atomic E-state index is -0.423. The zero-order chi connectivity index (χ0) is 15.7. The molecule has 0 saturated heterocycles. The Labute approximate surface area is 130 Å². The second-order valence-electron chi connectivity index (χ2n) is 5.19. The van der Waals surface area contributed by atoms with Gasteiger partial charge in [-0.3, -0.25) is 15.0 Å². The highest BCUT2D eigenvalue weighted by molar-refractivity contribution is 7.09. The summed E-state index contributed by atoms with van der Waals surface area (Å²) in [6.45, 7) is 4.96. The van der Waals surface area contributed by atoms with Crippen LogP contribution in [0.3, 0.4) is 0 Å². The van der Waals surface area contributed by atoms with Crippen molar-refractivity contribution in [2.24, 2.45) is 0 Å². The van der Waals surface area contributed by atoms with Crippen molar-refractivity contribution in [2.75, 3.05) is 20.1 Å². The summed E-state index contributed by atoms with van der Waals surface area (Å²) in [4.78, 5) is 26.5. The third kappa shape index (κ3) is 7.24. The molecule has 21 heavy (non-hydrogen) atoms. The highest BCUT2D eigenvalue weighted by Gasteiger charge is 2.14. The molecule has 0 aliphatic heterocycles. The van der Waals surface area contributed by atoms with Crippen LogP contribution < -0.4 is 10.6 Å². The molecule has 0 aromatic carbocycles. The molecule has 1 aromatic heterocycles. The van der Waals surface area contributed by atoms with Crippen molar-refractivity contribution >= 4 is 23.3 Å². The third-order valence-corrected chi connectivity index (χ3v) is 4.28. The van der Waals surface area contributed by atoms with E-state index in [0.717, 1.165) is 19.3 Å². The number of rotatable bonds is 8. The van der Waals surface area contributed by atoms with Crippen molar-refractivity contribution in [3.05, 3.63) is 22.4 Å². The van der Waals surface area contributed by atoms with Gasteiger partial charge in [0.25, 0.3) is 0 Å².